The maximum absolute atomic E-state index is 11.6. The molecule has 0 aliphatic heterocycles. The number of esters is 1. The van der Waals surface area contributed by atoms with Gasteiger partial charge >= 0.3 is 5.97 Å². The van der Waals surface area contributed by atoms with Crippen molar-refractivity contribution >= 4 is 11.8 Å². The van der Waals surface area contributed by atoms with Crippen LogP contribution >= 0.6 is 0 Å². The first-order chi connectivity index (χ1) is 9.36. The van der Waals surface area contributed by atoms with Gasteiger partial charge in [0.25, 0.3) is 0 Å². The highest BCUT2D eigenvalue weighted by molar-refractivity contribution is 5.92. The Morgan fingerprint density at radius 1 is 1.30 bits per heavy atom. The van der Waals surface area contributed by atoms with Crippen molar-refractivity contribution in [1.82, 2.24) is 9.55 Å². The van der Waals surface area contributed by atoms with Gasteiger partial charge in [-0.3, -0.25) is 4.57 Å². The third kappa shape index (κ3) is 2.39. The number of ether oxygens (including phenoxy) is 1. The number of nitrogens with two attached hydrogens (primary N) is 1. The Kier molecular flexibility index (Phi) is 3.53. The summed E-state index contributed by atoms with van der Waals surface area (Å²) in [5.74, 6) is -0.247. The van der Waals surface area contributed by atoms with E-state index in [4.69, 9.17) is 5.73 Å². The predicted octanol–water partition coefficient (Wildman–Crippen LogP) is 2.54. The lowest BCUT2D eigenvalue weighted by molar-refractivity contribution is 0.0596. The van der Waals surface area contributed by atoms with Crippen molar-refractivity contribution in [2.45, 2.75) is 26.2 Å². The molecule has 20 heavy (non-hydrogen) atoms. The molecule has 1 aromatic heterocycles. The standard InChI is InChI=1S/C15H19N3O2/c1-15(2,3)10-7-5-6-8-11(10)18-9-17-12(13(18)16)14(19)20-4/h5-9H,16H2,1-4H3. The molecular weight excluding hydrogens is 254 g/mol. The zero-order valence-electron chi connectivity index (χ0n) is 12.2. The number of para-hydroxylation sites is 1. The first-order valence-electron chi connectivity index (χ1n) is 6.37. The second kappa shape index (κ2) is 5.00. The minimum absolute atomic E-state index is 0.0429. The minimum Gasteiger partial charge on any atom is -0.464 e. The Bertz CT molecular complexity index is 639. The number of carbonyl (C=O) groups is 1. The van der Waals surface area contributed by atoms with Crippen LogP contribution in [-0.2, 0) is 10.2 Å². The van der Waals surface area contributed by atoms with Crippen molar-refractivity contribution in [2.75, 3.05) is 12.8 Å². The molecule has 2 N–H and O–H groups in total. The number of nitrogens with zero attached hydrogens (tertiary/aromatic N) is 2. The van der Waals surface area contributed by atoms with E-state index in [-0.39, 0.29) is 16.9 Å². The predicted molar refractivity (Wildman–Crippen MR) is 78.0 cm³/mol. The first kappa shape index (κ1) is 14.1. The second-order valence-electron chi connectivity index (χ2n) is 5.61. The Morgan fingerprint density at radius 3 is 2.55 bits per heavy atom. The van der Waals surface area contributed by atoms with Crippen LogP contribution in [0.15, 0.2) is 30.6 Å². The highest BCUT2D eigenvalue weighted by atomic mass is 16.5. The van der Waals surface area contributed by atoms with E-state index < -0.39 is 5.97 Å². The van der Waals surface area contributed by atoms with Crippen LogP contribution in [0.2, 0.25) is 0 Å². The number of benzene rings is 1. The summed E-state index contributed by atoms with van der Waals surface area (Å²) >= 11 is 0. The molecule has 0 unspecified atom stereocenters. The molecule has 0 radical (unpaired) electrons. The SMILES string of the molecule is COC(=O)c1ncn(-c2ccccc2C(C)(C)C)c1N. The van der Waals surface area contributed by atoms with Crippen LogP contribution in [0.1, 0.15) is 36.8 Å². The molecule has 0 fully saturated rings. The van der Waals surface area contributed by atoms with Crippen molar-refractivity contribution in [3.05, 3.63) is 41.9 Å². The van der Waals surface area contributed by atoms with E-state index in [1.165, 1.54) is 7.11 Å². The number of methoxy groups -OCH3 is 1. The maximum atomic E-state index is 11.6. The van der Waals surface area contributed by atoms with Gasteiger partial charge in [-0.2, -0.15) is 0 Å². The van der Waals surface area contributed by atoms with Gasteiger partial charge in [-0.15, -0.1) is 0 Å². The molecule has 0 saturated carbocycles. The average molecular weight is 273 g/mol. The van der Waals surface area contributed by atoms with Crippen LogP contribution in [0, 0.1) is 0 Å². The minimum atomic E-state index is -0.533. The highest BCUT2D eigenvalue weighted by Gasteiger charge is 2.22. The number of nitrogen functional groups attached to an aromatic ring is 1. The van der Waals surface area contributed by atoms with Crippen LogP contribution in [0.3, 0.4) is 0 Å². The van der Waals surface area contributed by atoms with E-state index in [0.29, 0.717) is 0 Å². The fourth-order valence-corrected chi connectivity index (χ4v) is 2.12. The lowest BCUT2D eigenvalue weighted by Gasteiger charge is -2.23. The van der Waals surface area contributed by atoms with Crippen molar-refractivity contribution in [3.8, 4) is 5.69 Å². The summed E-state index contributed by atoms with van der Waals surface area (Å²) in [4.78, 5) is 15.6. The van der Waals surface area contributed by atoms with Crippen LogP contribution < -0.4 is 5.73 Å². The number of anilines is 1. The summed E-state index contributed by atoms with van der Waals surface area (Å²) in [6.45, 7) is 6.38. The maximum Gasteiger partial charge on any atom is 0.360 e. The normalized spacial score (nSPS) is 11.4. The molecule has 5 heteroatoms. The van der Waals surface area contributed by atoms with E-state index in [1.807, 2.05) is 24.3 Å². The van der Waals surface area contributed by atoms with Gasteiger partial charge in [-0.25, -0.2) is 9.78 Å². The quantitative estimate of drug-likeness (QED) is 0.854. The van der Waals surface area contributed by atoms with E-state index in [2.05, 4.69) is 30.5 Å². The molecule has 0 amide bonds. The molecule has 5 nitrogen and oxygen atoms in total. The lowest BCUT2D eigenvalue weighted by atomic mass is 9.86. The molecule has 0 atom stereocenters. The lowest BCUT2D eigenvalue weighted by Crippen LogP contribution is -2.16. The molecule has 2 aromatic rings. The number of imidazole rings is 1. The average Bonchev–Trinajstić information content (AvgIpc) is 2.78. The molecule has 0 aliphatic carbocycles. The summed E-state index contributed by atoms with van der Waals surface area (Å²) < 4.78 is 6.38. The van der Waals surface area contributed by atoms with E-state index in [0.717, 1.165) is 11.3 Å². The fraction of sp³-hybridized carbons (Fsp3) is 0.333. The van der Waals surface area contributed by atoms with Gasteiger partial charge in [0.1, 0.15) is 12.1 Å². The molecule has 2 rings (SSSR count). The van der Waals surface area contributed by atoms with Gasteiger partial charge in [0, 0.05) is 0 Å². The highest BCUT2D eigenvalue weighted by Crippen LogP contribution is 2.30. The number of aromatic nitrogens is 2. The van der Waals surface area contributed by atoms with Crippen molar-refractivity contribution in [3.63, 3.8) is 0 Å². The van der Waals surface area contributed by atoms with E-state index in [1.54, 1.807) is 10.9 Å². The number of carbonyl (C=O) groups excluding carboxylic acids is 1. The van der Waals surface area contributed by atoms with Crippen LogP contribution in [0.4, 0.5) is 5.82 Å². The Labute approximate surface area is 118 Å². The van der Waals surface area contributed by atoms with E-state index in [9.17, 15) is 4.79 Å². The summed E-state index contributed by atoms with van der Waals surface area (Å²) in [5, 5.41) is 0. The second-order valence-corrected chi connectivity index (χ2v) is 5.61. The molecule has 1 aromatic carbocycles. The van der Waals surface area contributed by atoms with Gasteiger partial charge in [-0.05, 0) is 17.0 Å². The van der Waals surface area contributed by atoms with Gasteiger partial charge in [0.05, 0.1) is 12.8 Å². The third-order valence-corrected chi connectivity index (χ3v) is 3.15. The zero-order chi connectivity index (χ0) is 14.9. The monoisotopic (exact) mass is 273 g/mol. The molecular formula is C15H19N3O2. The Balaban J connectivity index is 2.59. The topological polar surface area (TPSA) is 70.1 Å². The first-order valence-corrected chi connectivity index (χ1v) is 6.37. The summed E-state index contributed by atoms with van der Waals surface area (Å²) in [5.41, 5.74) is 8.16. The van der Waals surface area contributed by atoms with Crippen LogP contribution in [0.25, 0.3) is 5.69 Å². The van der Waals surface area contributed by atoms with Crippen molar-refractivity contribution in [2.24, 2.45) is 0 Å². The Hall–Kier alpha value is -2.30. The summed E-state index contributed by atoms with van der Waals surface area (Å²) in [6.07, 6.45) is 1.55. The number of rotatable bonds is 2. The largest absolute Gasteiger partial charge is 0.464 e. The summed E-state index contributed by atoms with van der Waals surface area (Å²) in [6, 6.07) is 7.92. The third-order valence-electron chi connectivity index (χ3n) is 3.15. The van der Waals surface area contributed by atoms with Crippen molar-refractivity contribution < 1.29 is 9.53 Å². The van der Waals surface area contributed by atoms with Crippen molar-refractivity contribution in [1.29, 1.82) is 0 Å². The molecule has 0 bridgehead atoms. The number of hydrogen-bond acceptors (Lipinski definition) is 4. The molecule has 0 spiro atoms. The molecule has 0 aliphatic rings. The summed E-state index contributed by atoms with van der Waals surface area (Å²) in [7, 11) is 1.31. The molecule has 1 heterocycles. The van der Waals surface area contributed by atoms with Gasteiger partial charge in [0.15, 0.2) is 5.69 Å². The van der Waals surface area contributed by atoms with Crippen LogP contribution in [-0.4, -0.2) is 22.6 Å². The fourth-order valence-electron chi connectivity index (χ4n) is 2.12. The number of hydrogen-bond donors (Lipinski definition) is 1. The molecule has 0 saturated heterocycles. The van der Waals surface area contributed by atoms with Gasteiger partial charge < -0.3 is 10.5 Å². The van der Waals surface area contributed by atoms with Gasteiger partial charge in [-0.1, -0.05) is 39.0 Å². The van der Waals surface area contributed by atoms with Gasteiger partial charge in [0.2, 0.25) is 0 Å². The zero-order valence-corrected chi connectivity index (χ0v) is 12.2. The van der Waals surface area contributed by atoms with E-state index >= 15 is 0 Å². The van der Waals surface area contributed by atoms with Crippen LogP contribution in [0.5, 0.6) is 0 Å². The smallest absolute Gasteiger partial charge is 0.360 e. The molecule has 106 valence electrons. The Morgan fingerprint density at radius 2 is 1.95 bits per heavy atom.